The van der Waals surface area contributed by atoms with Crippen LogP contribution in [0.5, 0.6) is 0 Å². The van der Waals surface area contributed by atoms with Crippen molar-refractivity contribution < 1.29 is 4.79 Å². The predicted molar refractivity (Wildman–Crippen MR) is 112 cm³/mol. The van der Waals surface area contributed by atoms with Gasteiger partial charge in [-0.05, 0) is 55.2 Å². The molecule has 0 aliphatic rings. The maximum absolute atomic E-state index is 12.8. The van der Waals surface area contributed by atoms with Gasteiger partial charge in [-0.2, -0.15) is 0 Å². The second kappa shape index (κ2) is 9.08. The summed E-state index contributed by atoms with van der Waals surface area (Å²) in [7, 11) is 1.93. The van der Waals surface area contributed by atoms with Crippen molar-refractivity contribution in [2.24, 2.45) is 0 Å². The Morgan fingerprint density at radius 2 is 1.86 bits per heavy atom. The Kier molecular flexibility index (Phi) is 6.32. The van der Waals surface area contributed by atoms with E-state index >= 15 is 0 Å². The third-order valence-corrected chi connectivity index (χ3v) is 4.55. The molecule has 3 rings (SSSR count). The first-order valence-corrected chi connectivity index (χ1v) is 9.41. The fourth-order valence-electron chi connectivity index (χ4n) is 2.92. The molecule has 0 aliphatic heterocycles. The second-order valence-corrected chi connectivity index (χ2v) is 6.69. The Morgan fingerprint density at radius 1 is 1.11 bits per heavy atom. The van der Waals surface area contributed by atoms with E-state index in [4.69, 9.17) is 0 Å². The summed E-state index contributed by atoms with van der Waals surface area (Å²) in [5.41, 5.74) is 4.23. The summed E-state index contributed by atoms with van der Waals surface area (Å²) >= 11 is 0. The third kappa shape index (κ3) is 4.91. The molecule has 0 bridgehead atoms. The number of likely N-dealkylation sites (N-methyl/N-ethyl adjacent to an activating group) is 1. The highest BCUT2D eigenvalue weighted by Gasteiger charge is 2.14. The first-order chi connectivity index (χ1) is 13.6. The number of aryl methyl sites for hydroxylation is 2. The largest absolute Gasteiger partial charge is 0.344 e. The van der Waals surface area contributed by atoms with Crippen molar-refractivity contribution in [3.05, 3.63) is 77.4 Å². The van der Waals surface area contributed by atoms with Gasteiger partial charge in [-0.1, -0.05) is 25.1 Å². The van der Waals surface area contributed by atoms with E-state index in [-0.39, 0.29) is 5.91 Å². The number of hydrogen-bond donors (Lipinski definition) is 1. The minimum Gasteiger partial charge on any atom is -0.344 e. The molecule has 0 saturated carbocycles. The molecule has 1 amide bonds. The van der Waals surface area contributed by atoms with Crippen LogP contribution in [0.4, 0.5) is 11.6 Å². The summed E-state index contributed by atoms with van der Waals surface area (Å²) < 4.78 is 0. The average Bonchev–Trinajstić information content (AvgIpc) is 2.72. The Balaban J connectivity index is 1.74. The van der Waals surface area contributed by atoms with Crippen LogP contribution in [-0.2, 0) is 12.8 Å². The van der Waals surface area contributed by atoms with Gasteiger partial charge in [0.05, 0.1) is 0 Å². The van der Waals surface area contributed by atoms with Crippen molar-refractivity contribution in [1.29, 1.82) is 0 Å². The van der Waals surface area contributed by atoms with Gasteiger partial charge in [0.25, 0.3) is 5.91 Å². The van der Waals surface area contributed by atoms with E-state index in [1.807, 2.05) is 55.3 Å². The lowest BCUT2D eigenvalue weighted by Crippen LogP contribution is -2.25. The molecule has 0 saturated heterocycles. The fourth-order valence-corrected chi connectivity index (χ4v) is 2.92. The Hall–Kier alpha value is -3.28. The van der Waals surface area contributed by atoms with E-state index in [0.29, 0.717) is 11.6 Å². The van der Waals surface area contributed by atoms with Crippen molar-refractivity contribution >= 4 is 17.5 Å². The van der Waals surface area contributed by atoms with Crippen molar-refractivity contribution in [2.45, 2.75) is 26.7 Å². The number of pyridine rings is 1. The Bertz CT molecular complexity index is 943. The summed E-state index contributed by atoms with van der Waals surface area (Å²) in [5.74, 6) is 0.318. The summed E-state index contributed by atoms with van der Waals surface area (Å²) in [6, 6.07) is 13.5. The quantitative estimate of drug-likeness (QED) is 0.682. The van der Waals surface area contributed by atoms with Gasteiger partial charge in [0.2, 0.25) is 5.95 Å². The van der Waals surface area contributed by atoms with Gasteiger partial charge in [0, 0.05) is 37.4 Å². The topological polar surface area (TPSA) is 71.0 Å². The minimum atomic E-state index is -0.227. The average molecular weight is 375 g/mol. The lowest BCUT2D eigenvalue weighted by molar-refractivity contribution is 0.102. The normalized spacial score (nSPS) is 10.5. The molecular formula is C22H25N5O. The van der Waals surface area contributed by atoms with Gasteiger partial charge in [-0.25, -0.2) is 9.97 Å². The minimum absolute atomic E-state index is 0.227. The van der Waals surface area contributed by atoms with E-state index in [1.165, 1.54) is 5.56 Å². The molecule has 0 aliphatic carbocycles. The maximum atomic E-state index is 12.8. The Morgan fingerprint density at radius 3 is 2.61 bits per heavy atom. The van der Waals surface area contributed by atoms with Crippen LogP contribution in [0.1, 0.15) is 34.2 Å². The van der Waals surface area contributed by atoms with E-state index < -0.39 is 0 Å². The Labute approximate surface area is 165 Å². The van der Waals surface area contributed by atoms with E-state index in [2.05, 4.69) is 27.2 Å². The zero-order valence-corrected chi connectivity index (χ0v) is 16.5. The number of nitrogens with zero attached hydrogens (tertiary/aromatic N) is 4. The van der Waals surface area contributed by atoms with Gasteiger partial charge in [0.15, 0.2) is 0 Å². The molecule has 6 nitrogen and oxygen atoms in total. The van der Waals surface area contributed by atoms with E-state index in [0.717, 1.165) is 36.3 Å². The van der Waals surface area contributed by atoms with E-state index in [1.54, 1.807) is 18.5 Å². The van der Waals surface area contributed by atoms with Gasteiger partial charge >= 0.3 is 0 Å². The van der Waals surface area contributed by atoms with Crippen LogP contribution in [-0.4, -0.2) is 34.5 Å². The summed E-state index contributed by atoms with van der Waals surface area (Å²) in [6.45, 7) is 4.68. The monoisotopic (exact) mass is 375 g/mol. The molecule has 144 valence electrons. The number of amides is 1. The van der Waals surface area contributed by atoms with Crippen molar-refractivity contribution in [3.8, 4) is 0 Å². The molecule has 0 fully saturated rings. The molecule has 0 radical (unpaired) electrons. The van der Waals surface area contributed by atoms with Crippen molar-refractivity contribution in [2.75, 3.05) is 23.8 Å². The molecule has 0 spiro atoms. The van der Waals surface area contributed by atoms with Gasteiger partial charge < -0.3 is 10.2 Å². The van der Waals surface area contributed by atoms with Gasteiger partial charge in [0.1, 0.15) is 5.69 Å². The maximum Gasteiger partial charge on any atom is 0.274 e. The lowest BCUT2D eigenvalue weighted by Gasteiger charge is -2.18. The number of nitrogens with one attached hydrogen (secondary N) is 1. The van der Waals surface area contributed by atoms with Crippen LogP contribution in [0, 0.1) is 6.92 Å². The smallest absolute Gasteiger partial charge is 0.274 e. The second-order valence-electron chi connectivity index (χ2n) is 6.69. The van der Waals surface area contributed by atoms with Gasteiger partial charge in [-0.3, -0.25) is 9.78 Å². The first-order valence-electron chi connectivity index (χ1n) is 9.41. The number of para-hydroxylation sites is 1. The number of carbonyl (C=O) groups excluding carboxylic acids is 1. The fraction of sp³-hybridized carbons (Fsp3) is 0.273. The number of aromatic nitrogens is 3. The van der Waals surface area contributed by atoms with Crippen LogP contribution in [0.2, 0.25) is 0 Å². The number of carbonyl (C=O) groups is 1. The SMILES string of the molecule is CCc1ccccc1NC(=O)c1cc(C)nc(N(C)CCc2ccncc2)n1. The number of hydrogen-bond acceptors (Lipinski definition) is 5. The zero-order valence-electron chi connectivity index (χ0n) is 16.5. The zero-order chi connectivity index (χ0) is 19.9. The van der Waals surface area contributed by atoms with Crippen LogP contribution in [0.3, 0.4) is 0 Å². The summed E-state index contributed by atoms with van der Waals surface area (Å²) in [6.07, 6.45) is 5.27. The first kappa shape index (κ1) is 19.5. The molecule has 2 aromatic heterocycles. The van der Waals surface area contributed by atoms with Crippen molar-refractivity contribution in [3.63, 3.8) is 0 Å². The van der Waals surface area contributed by atoms with E-state index in [9.17, 15) is 4.79 Å². The summed E-state index contributed by atoms with van der Waals surface area (Å²) in [5, 5.41) is 2.97. The molecule has 1 N–H and O–H groups in total. The molecule has 0 unspecified atom stereocenters. The predicted octanol–water partition coefficient (Wildman–Crippen LogP) is 3.67. The number of anilines is 2. The van der Waals surface area contributed by atoms with Crippen LogP contribution < -0.4 is 10.2 Å². The number of benzene rings is 1. The molecule has 2 heterocycles. The van der Waals surface area contributed by atoms with Crippen molar-refractivity contribution in [1.82, 2.24) is 15.0 Å². The summed E-state index contributed by atoms with van der Waals surface area (Å²) in [4.78, 5) is 27.7. The standard InChI is InChI=1S/C22H25N5O/c1-4-18-7-5-6-8-19(18)25-21(28)20-15-16(2)24-22(26-20)27(3)14-11-17-9-12-23-13-10-17/h5-10,12-13,15H,4,11,14H2,1-3H3,(H,25,28). The molecule has 28 heavy (non-hydrogen) atoms. The van der Waals surface area contributed by atoms with Crippen LogP contribution >= 0.6 is 0 Å². The highest BCUT2D eigenvalue weighted by atomic mass is 16.1. The van der Waals surface area contributed by atoms with Crippen LogP contribution in [0.15, 0.2) is 54.9 Å². The third-order valence-electron chi connectivity index (χ3n) is 4.55. The highest BCUT2D eigenvalue weighted by molar-refractivity contribution is 6.03. The molecule has 6 heteroatoms. The van der Waals surface area contributed by atoms with Crippen LogP contribution in [0.25, 0.3) is 0 Å². The highest BCUT2D eigenvalue weighted by Crippen LogP contribution is 2.17. The molecule has 3 aromatic rings. The number of rotatable bonds is 7. The lowest BCUT2D eigenvalue weighted by atomic mass is 10.1. The molecular weight excluding hydrogens is 350 g/mol. The molecule has 1 aromatic carbocycles. The van der Waals surface area contributed by atoms with Gasteiger partial charge in [-0.15, -0.1) is 0 Å². The molecule has 0 atom stereocenters.